The fourth-order valence-corrected chi connectivity index (χ4v) is 0. The van der Waals surface area contributed by atoms with Crippen molar-refractivity contribution in [2.45, 2.75) is 0 Å². The van der Waals surface area contributed by atoms with E-state index in [1.54, 1.807) is 0 Å². The van der Waals surface area contributed by atoms with E-state index >= 15 is 0 Å². The van der Waals surface area contributed by atoms with Crippen LogP contribution in [0.15, 0.2) is 0 Å². The van der Waals surface area contributed by atoms with Gasteiger partial charge < -0.3 is 81.3 Å². The molecule has 0 aliphatic carbocycles. The summed E-state index contributed by atoms with van der Waals surface area (Å²) in [6, 6.07) is 0. The van der Waals surface area contributed by atoms with Crippen molar-refractivity contribution in [1.82, 2.24) is 6.15 Å². The van der Waals surface area contributed by atoms with Gasteiger partial charge in [-0.05, 0) is 0 Å². The molecule has 0 aromatic carbocycles. The van der Waals surface area contributed by atoms with Crippen LogP contribution in [0.2, 0.25) is 0 Å². The molecule has 0 unspecified atom stereocenters. The molecule has 0 atom stereocenters. The predicted octanol–water partition coefficient (Wildman–Crippen LogP) is -10.9. The van der Waals surface area contributed by atoms with Crippen molar-refractivity contribution in [2.75, 3.05) is 0 Å². The van der Waals surface area contributed by atoms with Crippen LogP contribution in [0, 0.1) is 15.3 Å². The quantitative estimate of drug-likeness (QED) is 0.133. The second-order valence-electron chi connectivity index (χ2n) is 0.632. The van der Waals surface area contributed by atoms with Crippen molar-refractivity contribution in [3.05, 3.63) is 15.3 Å². The van der Waals surface area contributed by atoms with Gasteiger partial charge in [0, 0.05) is 10.4 Å². The first-order chi connectivity index (χ1) is 3.73. The number of hydrogen-bond acceptors (Lipinski definition) is 8. The average Bonchev–Trinajstić information content (AvgIpc) is 1.19. The van der Waals surface area contributed by atoms with Crippen molar-refractivity contribution in [3.63, 3.8) is 0 Å². The van der Waals surface area contributed by atoms with Crippen LogP contribution in [0.25, 0.3) is 0 Å². The second kappa shape index (κ2) is 72.0. The van der Waals surface area contributed by atoms with Crippen molar-refractivity contribution >= 4 is 71.2 Å². The van der Waals surface area contributed by atoms with Crippen molar-refractivity contribution in [3.8, 4) is 0 Å². The third-order valence-corrected chi connectivity index (χ3v) is 0. The Morgan fingerprint density at radius 2 is 0.750 bits per heavy atom. The molecule has 16 nitrogen and oxygen atoms in total. The molecule has 0 aromatic rings. The Balaban J connectivity index is -0.00000000289. The van der Waals surface area contributed by atoms with Crippen LogP contribution < -0.4 is 18.6 Å². The topological polar surface area (TPSA) is 402 Å². The van der Waals surface area contributed by atoms with Crippen LogP contribution in [-0.2, 0) is 10.4 Å². The molecule has 20 heteroatoms. The average molecular weight is 401 g/mol. The molecule has 0 rings (SSSR count). The van der Waals surface area contributed by atoms with E-state index in [0.29, 0.717) is 0 Å². The van der Waals surface area contributed by atoms with Crippen LogP contribution in [-0.4, -0.2) is 122 Å². The van der Waals surface area contributed by atoms with Crippen molar-refractivity contribution < 1.29 is 73.4 Å². The number of halogens is 1. The Morgan fingerprint density at radius 1 is 0.750 bits per heavy atom. The van der Waals surface area contributed by atoms with Gasteiger partial charge in [0.15, 0.2) is 0 Å². The maximum absolute atomic E-state index is 8.52. The molecule has 0 radical (unpaired) electrons. The van der Waals surface area contributed by atoms with Gasteiger partial charge in [-0.3, -0.25) is 8.42 Å². The fourth-order valence-electron chi connectivity index (χ4n) is 0. The third kappa shape index (κ3) is 5480. The van der Waals surface area contributed by atoms with E-state index in [0.717, 1.165) is 0 Å². The zero-order valence-electron chi connectivity index (χ0n) is 9.71. The molecule has 0 bridgehead atoms. The summed E-state index contributed by atoms with van der Waals surface area (Å²) in [6.07, 6.45) is 0. The molecule has 0 aliphatic rings. The van der Waals surface area contributed by atoms with Gasteiger partial charge in [0.2, 0.25) is 0 Å². The minimum atomic E-state index is -5.17. The Morgan fingerprint density at radius 3 is 0.750 bits per heavy atom. The van der Waals surface area contributed by atoms with Gasteiger partial charge in [0.25, 0.3) is 0 Å². The van der Waals surface area contributed by atoms with Gasteiger partial charge in [-0.2, -0.15) is 0 Å². The standard InChI is InChI=1S/Ca.ClH.Mg.NO3.H3N.H2O4S.7H2O/c;;;2-1(3)4;;1-5(2,3)4;;;;;;;/h;1H;;;1H3;(H2,1,2,3,4);7*1H2/q+2;;+2;-1;;;;;;;;;/p-3. The third-order valence-electron chi connectivity index (χ3n) is 0. The molecule has 20 heavy (non-hydrogen) atoms. The minimum absolute atomic E-state index is 0. The summed E-state index contributed by atoms with van der Waals surface area (Å²) >= 11 is 0. The first kappa shape index (κ1) is 130. The predicted molar refractivity (Wildman–Crippen MR) is 62.7 cm³/mol. The van der Waals surface area contributed by atoms with Crippen LogP contribution in [0.1, 0.15) is 0 Å². The molecular weight excluding hydrogens is 384 g/mol. The Hall–Kier alpha value is 1.07. The molecule has 0 amide bonds. The van der Waals surface area contributed by atoms with E-state index in [9.17, 15) is 0 Å². The minimum Gasteiger partial charge on any atom is -1.00 e. The molecule has 0 saturated carbocycles. The molecular formula is H17CaClMgN2O14S. The smallest absolute Gasteiger partial charge is 1.00 e. The zero-order valence-corrected chi connectivity index (χ0v) is 14.9. The summed E-state index contributed by atoms with van der Waals surface area (Å²) in [6.45, 7) is 0. The first-order valence-corrected chi connectivity index (χ1v) is 2.55. The molecule has 0 saturated heterocycles. The monoisotopic (exact) mass is 400 g/mol. The van der Waals surface area contributed by atoms with Gasteiger partial charge >= 0.3 is 60.8 Å². The normalized spacial score (nSPS) is 4.10. The largest absolute Gasteiger partial charge is 2.00 e. The maximum atomic E-state index is 8.52. The van der Waals surface area contributed by atoms with E-state index < -0.39 is 15.5 Å². The molecule has 0 aliphatic heterocycles. The van der Waals surface area contributed by atoms with E-state index in [2.05, 4.69) is 0 Å². The summed E-state index contributed by atoms with van der Waals surface area (Å²) in [4.78, 5) is 8.25. The summed E-state index contributed by atoms with van der Waals surface area (Å²) < 4.78 is 34.1. The van der Waals surface area contributed by atoms with Crippen LogP contribution >= 0.6 is 0 Å². The van der Waals surface area contributed by atoms with E-state index in [-0.39, 0.29) is 118 Å². The first-order valence-electron chi connectivity index (χ1n) is 1.21. The second-order valence-corrected chi connectivity index (χ2v) is 1.45. The van der Waals surface area contributed by atoms with E-state index in [1.807, 2.05) is 0 Å². The van der Waals surface area contributed by atoms with Crippen molar-refractivity contribution in [2.24, 2.45) is 0 Å². The van der Waals surface area contributed by atoms with E-state index in [1.165, 1.54) is 0 Å². The number of nitrogens with zero attached hydrogens (tertiary/aromatic N) is 1. The van der Waals surface area contributed by atoms with Gasteiger partial charge in [0.05, 0.1) is 5.09 Å². The molecule has 17 N–H and O–H groups in total. The summed E-state index contributed by atoms with van der Waals surface area (Å²) in [5.41, 5.74) is 0. The molecule has 0 spiro atoms. The zero-order chi connectivity index (χ0) is 8.08. The molecule has 0 heterocycles. The number of hydrogen-bond donors (Lipinski definition) is 1. The SMILES string of the molecule is N.O.O.O.O.O.O.O.O=S(=O)([O-])[O-].O=[N+]([O-])[O-].[Ca+2].[Cl-].[Mg+2]. The number of rotatable bonds is 0. The molecule has 0 aromatic heterocycles. The van der Waals surface area contributed by atoms with Crippen LogP contribution in [0.5, 0.6) is 0 Å². The van der Waals surface area contributed by atoms with Crippen LogP contribution in [0.4, 0.5) is 0 Å². The molecule has 0 fully saturated rings. The van der Waals surface area contributed by atoms with E-state index in [4.69, 9.17) is 32.8 Å². The van der Waals surface area contributed by atoms with Crippen LogP contribution in [0.3, 0.4) is 0 Å². The Bertz CT molecular complexity index is 174. The Kier molecular flexibility index (Phi) is 469. The van der Waals surface area contributed by atoms with Gasteiger partial charge in [-0.1, -0.05) is 0 Å². The van der Waals surface area contributed by atoms with Gasteiger partial charge in [0.1, 0.15) is 0 Å². The maximum Gasteiger partial charge on any atom is 2.00 e. The fraction of sp³-hybridized carbons (Fsp3) is 0. The molecule has 128 valence electrons. The summed E-state index contributed by atoms with van der Waals surface area (Å²) in [5.74, 6) is 0. The van der Waals surface area contributed by atoms with Gasteiger partial charge in [-0.25, -0.2) is 0 Å². The van der Waals surface area contributed by atoms with Crippen molar-refractivity contribution in [1.29, 1.82) is 0 Å². The summed E-state index contributed by atoms with van der Waals surface area (Å²) in [5, 5.41) is 14.8. The van der Waals surface area contributed by atoms with Gasteiger partial charge in [-0.15, -0.1) is 0 Å². The summed E-state index contributed by atoms with van der Waals surface area (Å²) in [7, 11) is -5.17. The Labute approximate surface area is 164 Å².